The van der Waals surface area contributed by atoms with E-state index in [1.54, 1.807) is 11.6 Å². The summed E-state index contributed by atoms with van der Waals surface area (Å²) in [6.07, 6.45) is 6.39. The Bertz CT molecular complexity index is 1130. The van der Waals surface area contributed by atoms with E-state index in [2.05, 4.69) is 5.10 Å². The van der Waals surface area contributed by atoms with Gasteiger partial charge in [0, 0.05) is 31.3 Å². The van der Waals surface area contributed by atoms with Crippen LogP contribution in [0.2, 0.25) is 0 Å². The quantitative estimate of drug-likeness (QED) is 0.660. The van der Waals surface area contributed by atoms with Gasteiger partial charge >= 0.3 is 0 Å². The number of methoxy groups -OCH3 is 1. The van der Waals surface area contributed by atoms with Crippen molar-refractivity contribution in [1.29, 1.82) is 0 Å². The molecule has 4 rings (SSSR count). The minimum Gasteiger partial charge on any atom is -0.497 e. The summed E-state index contributed by atoms with van der Waals surface area (Å²) in [5, 5.41) is 4.60. The van der Waals surface area contributed by atoms with Crippen LogP contribution in [0.25, 0.3) is 11.2 Å². The van der Waals surface area contributed by atoms with Crippen molar-refractivity contribution in [2.24, 2.45) is 0 Å². The van der Waals surface area contributed by atoms with Gasteiger partial charge in [-0.15, -0.1) is 0 Å². The number of aromatic nitrogens is 3. The highest BCUT2D eigenvalue weighted by molar-refractivity contribution is 7.88. The van der Waals surface area contributed by atoms with Crippen molar-refractivity contribution in [1.82, 2.24) is 18.9 Å². The van der Waals surface area contributed by atoms with Gasteiger partial charge in [0.2, 0.25) is 10.0 Å². The second kappa shape index (κ2) is 7.37. The second-order valence-corrected chi connectivity index (χ2v) is 8.83. The van der Waals surface area contributed by atoms with Crippen LogP contribution >= 0.6 is 0 Å². The third kappa shape index (κ3) is 3.79. The van der Waals surface area contributed by atoms with Crippen LogP contribution in [0.3, 0.4) is 0 Å². The standard InChI is InChI=1S/C20H22N4O3S/c1-27-17-7-5-15(6-8-17)14-19-21-20-18(4-3-11-24(20)22-19)16-9-12-23(13-10-16)28(2,25)26/h3-9,11H,10,12-14H2,1-2H3. The first kappa shape index (κ1) is 18.6. The largest absolute Gasteiger partial charge is 0.497 e. The van der Waals surface area contributed by atoms with E-state index in [0.29, 0.717) is 25.9 Å². The van der Waals surface area contributed by atoms with E-state index < -0.39 is 10.0 Å². The van der Waals surface area contributed by atoms with Crippen LogP contribution in [0, 0.1) is 0 Å². The molecule has 28 heavy (non-hydrogen) atoms. The molecule has 3 heterocycles. The van der Waals surface area contributed by atoms with Crippen LogP contribution in [0.5, 0.6) is 5.75 Å². The smallest absolute Gasteiger partial charge is 0.211 e. The average Bonchev–Trinajstić information content (AvgIpc) is 3.10. The molecule has 0 N–H and O–H groups in total. The minimum absolute atomic E-state index is 0.391. The van der Waals surface area contributed by atoms with Gasteiger partial charge in [0.25, 0.3) is 0 Å². The molecule has 8 heteroatoms. The average molecular weight is 398 g/mol. The molecular weight excluding hydrogens is 376 g/mol. The third-order valence-electron chi connectivity index (χ3n) is 4.91. The van der Waals surface area contributed by atoms with E-state index in [-0.39, 0.29) is 0 Å². The summed E-state index contributed by atoms with van der Waals surface area (Å²) in [5.74, 6) is 1.56. The second-order valence-electron chi connectivity index (χ2n) is 6.84. The Kier molecular flexibility index (Phi) is 4.91. The van der Waals surface area contributed by atoms with Crippen molar-refractivity contribution in [2.45, 2.75) is 12.8 Å². The van der Waals surface area contributed by atoms with Crippen LogP contribution in [0.4, 0.5) is 0 Å². The summed E-state index contributed by atoms with van der Waals surface area (Å²) in [7, 11) is -1.51. The third-order valence-corrected chi connectivity index (χ3v) is 6.18. The lowest BCUT2D eigenvalue weighted by molar-refractivity contribution is 0.414. The molecule has 0 radical (unpaired) electrons. The first-order chi connectivity index (χ1) is 13.4. The number of pyridine rings is 1. The summed E-state index contributed by atoms with van der Waals surface area (Å²) in [6, 6.07) is 11.8. The number of sulfonamides is 1. The van der Waals surface area contributed by atoms with Crippen molar-refractivity contribution < 1.29 is 13.2 Å². The van der Waals surface area contributed by atoms with Gasteiger partial charge in [-0.1, -0.05) is 18.2 Å². The van der Waals surface area contributed by atoms with Crippen LogP contribution in [-0.2, 0) is 16.4 Å². The van der Waals surface area contributed by atoms with Gasteiger partial charge in [-0.3, -0.25) is 0 Å². The highest BCUT2D eigenvalue weighted by Crippen LogP contribution is 2.26. The first-order valence-electron chi connectivity index (χ1n) is 9.06. The van der Waals surface area contributed by atoms with E-state index in [1.165, 1.54) is 10.6 Å². The monoisotopic (exact) mass is 398 g/mol. The van der Waals surface area contributed by atoms with Crippen LogP contribution in [0.15, 0.2) is 48.7 Å². The Morgan fingerprint density at radius 3 is 2.61 bits per heavy atom. The summed E-state index contributed by atoms with van der Waals surface area (Å²) < 4.78 is 31.9. The Balaban J connectivity index is 1.61. The van der Waals surface area contributed by atoms with Gasteiger partial charge < -0.3 is 4.74 Å². The molecule has 7 nitrogen and oxygen atoms in total. The number of hydrogen-bond acceptors (Lipinski definition) is 5. The highest BCUT2D eigenvalue weighted by atomic mass is 32.2. The van der Waals surface area contributed by atoms with Gasteiger partial charge in [-0.05, 0) is 41.8 Å². The lowest BCUT2D eigenvalue weighted by Gasteiger charge is -2.24. The Hall–Kier alpha value is -2.71. The van der Waals surface area contributed by atoms with Gasteiger partial charge in [-0.25, -0.2) is 17.9 Å². The zero-order valence-electron chi connectivity index (χ0n) is 15.9. The maximum absolute atomic E-state index is 11.7. The predicted octanol–water partition coefficient (Wildman–Crippen LogP) is 2.38. The number of fused-ring (bicyclic) bond motifs is 1. The number of rotatable bonds is 5. The summed E-state index contributed by atoms with van der Waals surface area (Å²) >= 11 is 0. The molecular formula is C20H22N4O3S. The number of benzene rings is 1. The SMILES string of the molecule is COc1ccc(Cc2nc3c(C4=CCN(S(C)(=O)=O)CC4)cccn3n2)cc1. The molecule has 0 saturated carbocycles. The summed E-state index contributed by atoms with van der Waals surface area (Å²) in [4.78, 5) is 4.74. The molecule has 1 aliphatic rings. The lowest BCUT2D eigenvalue weighted by atomic mass is 10.0. The predicted molar refractivity (Wildman–Crippen MR) is 108 cm³/mol. The van der Waals surface area contributed by atoms with E-state index in [1.807, 2.05) is 48.7 Å². The normalized spacial score (nSPS) is 15.6. The number of nitrogens with zero attached hydrogens (tertiary/aromatic N) is 4. The summed E-state index contributed by atoms with van der Waals surface area (Å²) in [6.45, 7) is 0.876. The van der Waals surface area contributed by atoms with Crippen LogP contribution < -0.4 is 4.74 Å². The fourth-order valence-electron chi connectivity index (χ4n) is 3.40. The van der Waals surface area contributed by atoms with E-state index in [4.69, 9.17) is 9.72 Å². The maximum Gasteiger partial charge on any atom is 0.211 e. The molecule has 0 unspecified atom stereocenters. The molecule has 0 saturated heterocycles. The molecule has 0 aliphatic carbocycles. The Labute approximate surface area is 164 Å². The van der Waals surface area contributed by atoms with Gasteiger partial charge in [0.05, 0.1) is 13.4 Å². The maximum atomic E-state index is 11.7. The molecule has 3 aromatic rings. The van der Waals surface area contributed by atoms with E-state index in [0.717, 1.165) is 33.9 Å². The topological polar surface area (TPSA) is 76.8 Å². The molecule has 0 fully saturated rings. The molecule has 146 valence electrons. The zero-order valence-corrected chi connectivity index (χ0v) is 16.7. The van der Waals surface area contributed by atoms with Gasteiger partial charge in [0.15, 0.2) is 11.5 Å². The van der Waals surface area contributed by atoms with Crippen molar-refractivity contribution in [3.05, 3.63) is 65.6 Å². The van der Waals surface area contributed by atoms with Crippen LogP contribution in [0.1, 0.15) is 23.4 Å². The molecule has 0 bridgehead atoms. The highest BCUT2D eigenvalue weighted by Gasteiger charge is 2.21. The van der Waals surface area contributed by atoms with Crippen molar-refractivity contribution >= 4 is 21.2 Å². The molecule has 0 amide bonds. The zero-order chi connectivity index (χ0) is 19.7. The Morgan fingerprint density at radius 1 is 1.18 bits per heavy atom. The van der Waals surface area contributed by atoms with Crippen molar-refractivity contribution in [3.8, 4) is 5.75 Å². The van der Waals surface area contributed by atoms with Crippen molar-refractivity contribution in [3.63, 3.8) is 0 Å². The van der Waals surface area contributed by atoms with Gasteiger partial charge in [0.1, 0.15) is 5.75 Å². The fraction of sp³-hybridized carbons (Fsp3) is 0.300. The molecule has 0 atom stereocenters. The van der Waals surface area contributed by atoms with Gasteiger partial charge in [-0.2, -0.15) is 9.40 Å². The number of ether oxygens (including phenoxy) is 1. The minimum atomic E-state index is -3.16. The molecule has 1 aliphatic heterocycles. The summed E-state index contributed by atoms with van der Waals surface area (Å²) in [5.41, 5.74) is 4.02. The van der Waals surface area contributed by atoms with E-state index in [9.17, 15) is 8.42 Å². The first-order valence-corrected chi connectivity index (χ1v) is 10.9. The van der Waals surface area contributed by atoms with E-state index >= 15 is 0 Å². The Morgan fingerprint density at radius 2 is 1.96 bits per heavy atom. The lowest BCUT2D eigenvalue weighted by Crippen LogP contribution is -2.33. The number of hydrogen-bond donors (Lipinski definition) is 0. The molecule has 0 spiro atoms. The molecule has 2 aromatic heterocycles. The molecule has 1 aromatic carbocycles. The van der Waals surface area contributed by atoms with Crippen molar-refractivity contribution in [2.75, 3.05) is 26.5 Å². The fourth-order valence-corrected chi connectivity index (χ4v) is 4.17. The van der Waals surface area contributed by atoms with Crippen LogP contribution in [-0.4, -0.2) is 53.8 Å².